The van der Waals surface area contributed by atoms with Crippen LogP contribution in [0.15, 0.2) is 69.3 Å². The Labute approximate surface area is 180 Å². The molecule has 3 aliphatic rings. The van der Waals surface area contributed by atoms with Gasteiger partial charge in [0.05, 0.1) is 11.1 Å². The first-order chi connectivity index (χ1) is 14.1. The highest BCUT2D eigenvalue weighted by molar-refractivity contribution is 6.23. The number of allylic oxidation sites excluding steroid dienone is 10. The molecule has 4 nitrogen and oxygen atoms in total. The van der Waals surface area contributed by atoms with Crippen LogP contribution in [0.3, 0.4) is 0 Å². The highest BCUT2D eigenvalue weighted by atomic mass is 16.3. The van der Waals surface area contributed by atoms with Crippen molar-refractivity contribution in [2.75, 3.05) is 0 Å². The molecule has 0 aliphatic heterocycles. The van der Waals surface area contributed by atoms with Crippen molar-refractivity contribution in [3.8, 4) is 0 Å². The first kappa shape index (κ1) is 23.7. The molecule has 0 fully saturated rings. The summed E-state index contributed by atoms with van der Waals surface area (Å²) in [5.41, 5.74) is 4.46. The molecule has 0 amide bonds. The maximum absolute atomic E-state index is 13.0. The minimum atomic E-state index is -0.653. The standard InChI is InChI=1S/C26H34O4/c1-16(2)14-20-15-19(5)11-7-9-17(3)8-6-10-18(4)12-13-21-23(27)25(29)22(20)26(30)24(21)28/h8,11-12,14,20,27,30H,6-7,9-10,13,15H2,1-5H3. The third-order valence-electron chi connectivity index (χ3n) is 5.65. The Morgan fingerprint density at radius 1 is 0.867 bits per heavy atom. The van der Waals surface area contributed by atoms with Gasteiger partial charge >= 0.3 is 0 Å². The van der Waals surface area contributed by atoms with E-state index >= 15 is 0 Å². The number of fused-ring (bicyclic) bond motifs is 11. The van der Waals surface area contributed by atoms with E-state index in [1.807, 2.05) is 39.8 Å². The molecule has 4 heteroatoms. The molecular formula is C26H34O4. The lowest BCUT2D eigenvalue weighted by Gasteiger charge is -2.23. The van der Waals surface area contributed by atoms with Crippen molar-refractivity contribution >= 4 is 11.6 Å². The summed E-state index contributed by atoms with van der Waals surface area (Å²) in [5.74, 6) is -2.83. The summed E-state index contributed by atoms with van der Waals surface area (Å²) in [7, 11) is 0. The van der Waals surface area contributed by atoms with E-state index in [-0.39, 0.29) is 17.6 Å². The summed E-state index contributed by atoms with van der Waals surface area (Å²) in [4.78, 5) is 25.8. The summed E-state index contributed by atoms with van der Waals surface area (Å²) in [6.45, 7) is 9.95. The largest absolute Gasteiger partial charge is 0.504 e. The predicted octanol–water partition coefficient (Wildman–Crippen LogP) is 6.54. The van der Waals surface area contributed by atoms with Crippen LogP contribution in [0, 0.1) is 5.92 Å². The van der Waals surface area contributed by atoms with Crippen molar-refractivity contribution in [3.63, 3.8) is 0 Å². The van der Waals surface area contributed by atoms with Crippen LogP contribution in [-0.4, -0.2) is 21.8 Å². The van der Waals surface area contributed by atoms with Crippen LogP contribution in [0.25, 0.3) is 0 Å². The summed E-state index contributed by atoms with van der Waals surface area (Å²) >= 11 is 0. The number of Topliss-reactive ketones (excluding diaryl/α,β-unsaturated/α-hetero) is 2. The average Bonchev–Trinajstić information content (AvgIpc) is 2.65. The molecule has 0 aromatic heterocycles. The van der Waals surface area contributed by atoms with Crippen LogP contribution in [0.5, 0.6) is 0 Å². The zero-order valence-electron chi connectivity index (χ0n) is 18.8. The zero-order chi connectivity index (χ0) is 22.4. The number of hydrogen-bond donors (Lipinski definition) is 2. The van der Waals surface area contributed by atoms with Gasteiger partial charge in [0.25, 0.3) is 0 Å². The smallest absolute Gasteiger partial charge is 0.228 e. The van der Waals surface area contributed by atoms with E-state index in [2.05, 4.69) is 19.1 Å². The average molecular weight is 411 g/mol. The van der Waals surface area contributed by atoms with Crippen LogP contribution in [0.1, 0.15) is 73.1 Å². The lowest BCUT2D eigenvalue weighted by atomic mass is 9.81. The highest BCUT2D eigenvalue weighted by Crippen LogP contribution is 2.33. The number of aliphatic hydroxyl groups is 2. The summed E-state index contributed by atoms with van der Waals surface area (Å²) in [6, 6.07) is 0. The predicted molar refractivity (Wildman–Crippen MR) is 121 cm³/mol. The molecule has 0 saturated heterocycles. The minimum absolute atomic E-state index is 0.00343. The molecule has 2 N–H and O–H groups in total. The number of aliphatic hydroxyl groups excluding tert-OH is 2. The van der Waals surface area contributed by atoms with Gasteiger partial charge in [-0.1, -0.05) is 46.6 Å². The summed E-state index contributed by atoms with van der Waals surface area (Å²) < 4.78 is 0. The summed E-state index contributed by atoms with van der Waals surface area (Å²) in [6.07, 6.45) is 12.4. The third-order valence-corrected chi connectivity index (χ3v) is 5.65. The SMILES string of the molecule is CC(C)=CC1CC(C)=CCCC(C)=CCCC(C)=CCC2=C(O)C(=O)C1=C(O)C2=O. The topological polar surface area (TPSA) is 74.6 Å². The monoisotopic (exact) mass is 410 g/mol. The first-order valence-electron chi connectivity index (χ1n) is 10.7. The van der Waals surface area contributed by atoms with Crippen molar-refractivity contribution in [3.05, 3.63) is 69.3 Å². The maximum atomic E-state index is 13.0. The first-order valence-corrected chi connectivity index (χ1v) is 10.7. The fourth-order valence-corrected chi connectivity index (χ4v) is 3.93. The van der Waals surface area contributed by atoms with Gasteiger partial charge in [0, 0.05) is 5.92 Å². The van der Waals surface area contributed by atoms with Gasteiger partial charge in [-0.15, -0.1) is 0 Å². The van der Waals surface area contributed by atoms with Crippen LogP contribution >= 0.6 is 0 Å². The van der Waals surface area contributed by atoms with E-state index in [0.717, 1.165) is 42.4 Å². The summed E-state index contributed by atoms with van der Waals surface area (Å²) in [5, 5.41) is 21.2. The van der Waals surface area contributed by atoms with E-state index in [0.29, 0.717) is 6.42 Å². The minimum Gasteiger partial charge on any atom is -0.504 e. The number of rotatable bonds is 1. The highest BCUT2D eigenvalue weighted by Gasteiger charge is 2.37. The Bertz CT molecular complexity index is 899. The molecule has 3 rings (SSSR count). The third kappa shape index (κ3) is 5.94. The van der Waals surface area contributed by atoms with E-state index < -0.39 is 29.0 Å². The van der Waals surface area contributed by atoms with Crippen molar-refractivity contribution in [2.45, 2.75) is 73.1 Å². The maximum Gasteiger partial charge on any atom is 0.228 e. The molecule has 2 bridgehead atoms. The van der Waals surface area contributed by atoms with Crippen molar-refractivity contribution in [1.82, 2.24) is 0 Å². The van der Waals surface area contributed by atoms with Gasteiger partial charge in [-0.3, -0.25) is 9.59 Å². The van der Waals surface area contributed by atoms with Gasteiger partial charge < -0.3 is 10.2 Å². The van der Waals surface area contributed by atoms with E-state index in [9.17, 15) is 19.8 Å². The molecule has 0 heterocycles. The van der Waals surface area contributed by atoms with E-state index in [1.165, 1.54) is 5.57 Å². The molecular weight excluding hydrogens is 376 g/mol. The Morgan fingerprint density at radius 3 is 2.03 bits per heavy atom. The van der Waals surface area contributed by atoms with E-state index in [4.69, 9.17) is 0 Å². The fourth-order valence-electron chi connectivity index (χ4n) is 3.93. The number of hydrogen-bond acceptors (Lipinski definition) is 4. The second-order valence-electron chi connectivity index (χ2n) is 8.74. The molecule has 1 atom stereocenters. The second kappa shape index (κ2) is 10.4. The normalized spacial score (nSPS) is 22.4. The van der Waals surface area contributed by atoms with Crippen molar-refractivity contribution in [2.24, 2.45) is 5.92 Å². The van der Waals surface area contributed by atoms with Gasteiger partial charge in [0.1, 0.15) is 0 Å². The van der Waals surface area contributed by atoms with Crippen LogP contribution in [-0.2, 0) is 9.59 Å². The zero-order valence-corrected chi connectivity index (χ0v) is 18.8. The van der Waals surface area contributed by atoms with Crippen molar-refractivity contribution in [1.29, 1.82) is 0 Å². The molecule has 0 saturated carbocycles. The molecule has 0 radical (unpaired) electrons. The van der Waals surface area contributed by atoms with Gasteiger partial charge in [0.15, 0.2) is 11.5 Å². The molecule has 0 aromatic carbocycles. The molecule has 162 valence electrons. The Hall–Kier alpha value is -2.62. The van der Waals surface area contributed by atoms with Crippen LogP contribution in [0.2, 0.25) is 0 Å². The molecule has 30 heavy (non-hydrogen) atoms. The lowest BCUT2D eigenvalue weighted by Crippen LogP contribution is -2.27. The van der Waals surface area contributed by atoms with Crippen molar-refractivity contribution < 1.29 is 19.8 Å². The van der Waals surface area contributed by atoms with Gasteiger partial charge in [-0.25, -0.2) is 0 Å². The van der Waals surface area contributed by atoms with Gasteiger partial charge in [0.2, 0.25) is 11.6 Å². The van der Waals surface area contributed by atoms with E-state index in [1.54, 1.807) is 0 Å². The van der Waals surface area contributed by atoms with Crippen LogP contribution < -0.4 is 0 Å². The molecule has 1 unspecified atom stereocenters. The van der Waals surface area contributed by atoms with Crippen LogP contribution in [0.4, 0.5) is 0 Å². The number of carbonyl (C=O) groups excluding carboxylic acids is 2. The van der Waals surface area contributed by atoms with Gasteiger partial charge in [-0.2, -0.15) is 0 Å². The number of carbonyl (C=O) groups is 2. The molecule has 3 aliphatic carbocycles. The Kier molecular flexibility index (Phi) is 8.22. The lowest BCUT2D eigenvalue weighted by molar-refractivity contribution is -0.120. The quantitative estimate of drug-likeness (QED) is 0.380. The Balaban J connectivity index is 2.55. The molecule has 0 spiro atoms. The second-order valence-corrected chi connectivity index (χ2v) is 8.74. The number of ketones is 2. The van der Waals surface area contributed by atoms with Gasteiger partial charge in [-0.05, 0) is 73.1 Å². The fraction of sp³-hybridized carbons (Fsp3) is 0.462. The Morgan fingerprint density at radius 2 is 1.43 bits per heavy atom. The molecule has 0 aromatic rings.